The van der Waals surface area contributed by atoms with Gasteiger partial charge in [0.15, 0.2) is 0 Å². The molecule has 0 bridgehead atoms. The molecular formula is C24H30N6O3. The number of hydrogen-bond donors (Lipinski definition) is 1. The summed E-state index contributed by atoms with van der Waals surface area (Å²) in [6.45, 7) is 3.23. The van der Waals surface area contributed by atoms with Crippen LogP contribution in [0.1, 0.15) is 54.2 Å². The van der Waals surface area contributed by atoms with Gasteiger partial charge in [-0.25, -0.2) is 14.8 Å². The van der Waals surface area contributed by atoms with Crippen molar-refractivity contribution in [2.24, 2.45) is 0 Å². The van der Waals surface area contributed by atoms with Crippen molar-refractivity contribution in [3.63, 3.8) is 0 Å². The molecule has 5 rings (SSSR count). The zero-order valence-corrected chi connectivity index (χ0v) is 19.4. The molecule has 3 aliphatic rings. The van der Waals surface area contributed by atoms with Crippen LogP contribution in [0.2, 0.25) is 0 Å². The number of ether oxygens (including phenoxy) is 1. The normalized spacial score (nSPS) is 20.5. The van der Waals surface area contributed by atoms with Crippen molar-refractivity contribution in [2.75, 3.05) is 35.4 Å². The van der Waals surface area contributed by atoms with Crippen molar-refractivity contribution < 1.29 is 14.3 Å². The van der Waals surface area contributed by atoms with E-state index in [0.29, 0.717) is 42.9 Å². The lowest BCUT2D eigenvalue weighted by molar-refractivity contribution is 0.0996. The minimum absolute atomic E-state index is 0.0903. The highest BCUT2D eigenvalue weighted by atomic mass is 16.6. The molecule has 0 unspecified atom stereocenters. The number of nitrogens with zero attached hydrogens (tertiary/aromatic N) is 5. The Kier molecular flexibility index (Phi) is 5.65. The number of aromatic nitrogens is 2. The van der Waals surface area contributed by atoms with Gasteiger partial charge in [-0.3, -0.25) is 14.6 Å². The molecular weight excluding hydrogens is 420 g/mol. The standard InChI is InChI=1S/C24H30N6O3/c1-15-14-33-24(32)30(15)21-10-6-9-20(27-21)29-13-18-17(23(29)31)11-22(26-19(18)12-25-2)28(3)16-7-4-5-8-16/h6,9-11,15-16,25H,4-5,7-8,12-14H2,1-3H3/t15-/m0/s1. The maximum Gasteiger partial charge on any atom is 0.415 e. The predicted molar refractivity (Wildman–Crippen MR) is 126 cm³/mol. The van der Waals surface area contributed by atoms with Crippen LogP contribution in [0.15, 0.2) is 24.3 Å². The molecule has 2 aromatic heterocycles. The summed E-state index contributed by atoms with van der Waals surface area (Å²) < 4.78 is 5.14. The monoisotopic (exact) mass is 450 g/mol. The number of carbonyl (C=O) groups is 2. The summed E-state index contributed by atoms with van der Waals surface area (Å²) in [5.41, 5.74) is 2.49. The Bertz CT molecular complexity index is 1080. The first-order valence-electron chi connectivity index (χ1n) is 11.6. The molecule has 0 aromatic carbocycles. The van der Waals surface area contributed by atoms with E-state index in [0.717, 1.165) is 29.9 Å². The Morgan fingerprint density at radius 2 is 1.94 bits per heavy atom. The third-order valence-electron chi connectivity index (χ3n) is 6.89. The third kappa shape index (κ3) is 3.80. The van der Waals surface area contributed by atoms with Gasteiger partial charge in [-0.2, -0.15) is 0 Å². The highest BCUT2D eigenvalue weighted by molar-refractivity contribution is 6.10. The second-order valence-corrected chi connectivity index (χ2v) is 9.07. The van der Waals surface area contributed by atoms with Gasteiger partial charge in [0.1, 0.15) is 24.1 Å². The Hall–Kier alpha value is -3.20. The summed E-state index contributed by atoms with van der Waals surface area (Å²) >= 11 is 0. The van der Waals surface area contributed by atoms with Crippen molar-refractivity contribution in [1.82, 2.24) is 15.3 Å². The summed E-state index contributed by atoms with van der Waals surface area (Å²) in [5, 5.41) is 3.19. The third-order valence-corrected chi connectivity index (χ3v) is 6.89. The lowest BCUT2D eigenvalue weighted by Gasteiger charge is -2.26. The largest absolute Gasteiger partial charge is 0.447 e. The maximum absolute atomic E-state index is 13.5. The second-order valence-electron chi connectivity index (χ2n) is 9.07. The van der Waals surface area contributed by atoms with E-state index >= 15 is 0 Å². The Morgan fingerprint density at radius 1 is 1.18 bits per heavy atom. The zero-order valence-electron chi connectivity index (χ0n) is 19.4. The number of cyclic esters (lactones) is 1. The fraction of sp³-hybridized carbons (Fsp3) is 0.500. The quantitative estimate of drug-likeness (QED) is 0.723. The molecule has 4 heterocycles. The number of rotatable bonds is 6. The Morgan fingerprint density at radius 3 is 2.64 bits per heavy atom. The van der Waals surface area contributed by atoms with E-state index in [1.165, 1.54) is 17.7 Å². The van der Waals surface area contributed by atoms with E-state index < -0.39 is 6.09 Å². The summed E-state index contributed by atoms with van der Waals surface area (Å²) in [6, 6.07) is 7.67. The molecule has 2 aliphatic heterocycles. The highest BCUT2D eigenvalue weighted by Crippen LogP contribution is 2.34. The van der Waals surface area contributed by atoms with E-state index in [9.17, 15) is 9.59 Å². The molecule has 1 saturated heterocycles. The summed E-state index contributed by atoms with van der Waals surface area (Å²) in [7, 11) is 3.96. The lowest BCUT2D eigenvalue weighted by Crippen LogP contribution is -2.32. The van der Waals surface area contributed by atoms with Gasteiger partial charge >= 0.3 is 6.09 Å². The average Bonchev–Trinajstić information content (AvgIpc) is 3.54. The number of anilines is 3. The molecule has 2 aromatic rings. The van der Waals surface area contributed by atoms with Gasteiger partial charge in [0.25, 0.3) is 5.91 Å². The highest BCUT2D eigenvalue weighted by Gasteiger charge is 2.36. The first kappa shape index (κ1) is 21.6. The van der Waals surface area contributed by atoms with Crippen molar-refractivity contribution in [3.05, 3.63) is 41.1 Å². The molecule has 33 heavy (non-hydrogen) atoms. The van der Waals surface area contributed by atoms with Crippen LogP contribution < -0.4 is 20.0 Å². The second kappa shape index (κ2) is 8.62. The van der Waals surface area contributed by atoms with Gasteiger partial charge in [0, 0.05) is 25.2 Å². The minimum Gasteiger partial charge on any atom is -0.447 e. The molecule has 9 heteroatoms. The van der Waals surface area contributed by atoms with Crippen LogP contribution in [0.5, 0.6) is 0 Å². The van der Waals surface area contributed by atoms with Crippen LogP contribution >= 0.6 is 0 Å². The number of hydrogen-bond acceptors (Lipinski definition) is 7. The molecule has 1 N–H and O–H groups in total. The van der Waals surface area contributed by atoms with Gasteiger partial charge in [0.05, 0.1) is 23.8 Å². The fourth-order valence-electron chi connectivity index (χ4n) is 5.04. The maximum atomic E-state index is 13.5. The van der Waals surface area contributed by atoms with E-state index in [1.807, 2.05) is 26.1 Å². The molecule has 1 saturated carbocycles. The number of amides is 2. The number of fused-ring (bicyclic) bond motifs is 1. The van der Waals surface area contributed by atoms with Gasteiger partial charge in [0.2, 0.25) is 0 Å². The Balaban J connectivity index is 1.48. The van der Waals surface area contributed by atoms with Crippen molar-refractivity contribution in [3.8, 4) is 0 Å². The smallest absolute Gasteiger partial charge is 0.415 e. The lowest BCUT2D eigenvalue weighted by atomic mass is 10.1. The molecule has 0 spiro atoms. The number of carbonyl (C=O) groups excluding carboxylic acids is 2. The predicted octanol–water partition coefficient (Wildman–Crippen LogP) is 3.08. The topological polar surface area (TPSA) is 90.9 Å². The molecule has 0 radical (unpaired) electrons. The molecule has 9 nitrogen and oxygen atoms in total. The van der Waals surface area contributed by atoms with Gasteiger partial charge in [-0.15, -0.1) is 0 Å². The van der Waals surface area contributed by atoms with Crippen molar-refractivity contribution in [1.29, 1.82) is 0 Å². The van der Waals surface area contributed by atoms with E-state index in [-0.39, 0.29) is 11.9 Å². The van der Waals surface area contributed by atoms with Crippen LogP contribution in [0.25, 0.3) is 0 Å². The summed E-state index contributed by atoms with van der Waals surface area (Å²) in [4.78, 5) is 40.7. The van der Waals surface area contributed by atoms with Gasteiger partial charge < -0.3 is 15.0 Å². The van der Waals surface area contributed by atoms with E-state index in [4.69, 9.17) is 9.72 Å². The van der Waals surface area contributed by atoms with Crippen LogP contribution in [-0.4, -0.2) is 54.8 Å². The molecule has 1 atom stereocenters. The average molecular weight is 451 g/mol. The molecule has 174 valence electrons. The Labute approximate surface area is 193 Å². The van der Waals surface area contributed by atoms with Crippen molar-refractivity contribution in [2.45, 2.75) is 57.8 Å². The molecule has 2 amide bonds. The number of pyridine rings is 2. The van der Waals surface area contributed by atoms with Crippen LogP contribution in [-0.2, 0) is 17.8 Å². The zero-order chi connectivity index (χ0) is 23.1. The van der Waals surface area contributed by atoms with Crippen molar-refractivity contribution >= 4 is 29.5 Å². The first-order chi connectivity index (χ1) is 16.0. The minimum atomic E-state index is -0.414. The molecule has 2 fully saturated rings. The molecule has 1 aliphatic carbocycles. The fourth-order valence-corrected chi connectivity index (χ4v) is 5.04. The summed E-state index contributed by atoms with van der Waals surface area (Å²) in [6.07, 6.45) is 4.38. The first-order valence-corrected chi connectivity index (χ1v) is 11.6. The number of nitrogens with one attached hydrogen (secondary N) is 1. The van der Waals surface area contributed by atoms with Crippen LogP contribution in [0.3, 0.4) is 0 Å². The van der Waals surface area contributed by atoms with Gasteiger partial charge in [-0.05, 0) is 45.0 Å². The van der Waals surface area contributed by atoms with Gasteiger partial charge in [-0.1, -0.05) is 18.9 Å². The van der Waals surface area contributed by atoms with E-state index in [2.05, 4.69) is 22.2 Å². The SMILES string of the molecule is CNCc1nc(N(C)C2CCCC2)cc2c1CN(c1cccc(N3C(=O)OC[C@@H]3C)n1)C2=O. The van der Waals surface area contributed by atoms with E-state index in [1.54, 1.807) is 17.0 Å². The summed E-state index contributed by atoms with van der Waals surface area (Å²) in [5.74, 6) is 1.76. The van der Waals surface area contributed by atoms with Crippen LogP contribution in [0, 0.1) is 0 Å². The van der Waals surface area contributed by atoms with Crippen LogP contribution in [0.4, 0.5) is 22.2 Å².